The van der Waals surface area contributed by atoms with Crippen molar-refractivity contribution in [2.24, 2.45) is 0 Å². The van der Waals surface area contributed by atoms with Gasteiger partial charge in [-0.1, -0.05) is 164 Å². The van der Waals surface area contributed by atoms with Gasteiger partial charge in [0, 0.05) is 16.7 Å². The van der Waals surface area contributed by atoms with E-state index >= 15 is 0 Å². The van der Waals surface area contributed by atoms with E-state index in [1.165, 1.54) is 50.1 Å². The number of nitriles is 1. The van der Waals surface area contributed by atoms with E-state index in [4.69, 9.17) is 15.0 Å². The molecule has 2 aliphatic rings. The quantitative estimate of drug-likeness (QED) is 0.181. The van der Waals surface area contributed by atoms with E-state index in [9.17, 15) is 5.26 Å². The lowest BCUT2D eigenvalue weighted by atomic mass is 9.66. The van der Waals surface area contributed by atoms with E-state index in [-0.39, 0.29) is 0 Å². The zero-order valence-electron chi connectivity index (χ0n) is 30.8. The molecule has 2 aliphatic carbocycles. The first-order chi connectivity index (χ1) is 28.2. The van der Waals surface area contributed by atoms with Gasteiger partial charge in [0.2, 0.25) is 0 Å². The molecule has 0 unspecified atom stereocenters. The zero-order valence-corrected chi connectivity index (χ0v) is 30.8. The van der Waals surface area contributed by atoms with Crippen LogP contribution in [-0.4, -0.2) is 15.0 Å². The Bertz CT molecular complexity index is 3020. The van der Waals surface area contributed by atoms with Gasteiger partial charge in [-0.2, -0.15) is 5.26 Å². The van der Waals surface area contributed by atoms with E-state index in [0.29, 0.717) is 23.0 Å². The normalized spacial score (nSPS) is 12.7. The Kier molecular flexibility index (Phi) is 7.42. The molecular formula is C53H32N4. The lowest BCUT2D eigenvalue weighted by molar-refractivity contribution is 0.775. The van der Waals surface area contributed by atoms with Crippen LogP contribution in [0.15, 0.2) is 194 Å². The third-order valence-corrected chi connectivity index (χ3v) is 11.6. The van der Waals surface area contributed by atoms with Gasteiger partial charge in [0.1, 0.15) is 0 Å². The Labute approximate surface area is 331 Å². The first-order valence-corrected chi connectivity index (χ1v) is 19.2. The topological polar surface area (TPSA) is 62.5 Å². The second-order valence-corrected chi connectivity index (χ2v) is 14.6. The Hall–Kier alpha value is -7.74. The van der Waals surface area contributed by atoms with Gasteiger partial charge in [-0.3, -0.25) is 0 Å². The smallest absolute Gasteiger partial charge is 0.164 e. The second kappa shape index (κ2) is 12.9. The number of fused-ring (bicyclic) bond motifs is 12. The van der Waals surface area contributed by atoms with Crippen molar-refractivity contribution < 1.29 is 0 Å². The van der Waals surface area contributed by atoms with Crippen molar-refractivity contribution >= 4 is 0 Å². The minimum atomic E-state index is -0.560. The molecule has 4 nitrogen and oxygen atoms in total. The molecule has 4 heteroatoms. The summed E-state index contributed by atoms with van der Waals surface area (Å²) in [6, 6.07) is 70.6. The van der Waals surface area contributed by atoms with Crippen LogP contribution in [0.3, 0.4) is 0 Å². The predicted octanol–water partition coefficient (Wildman–Crippen LogP) is 12.4. The lowest BCUT2D eigenvalue weighted by Crippen LogP contribution is -2.29. The van der Waals surface area contributed by atoms with Gasteiger partial charge >= 0.3 is 0 Å². The molecule has 1 spiro atoms. The SMILES string of the molecule is N#Cc1ccc(-c2nc(-c3ccc(-c4ccccc4)cc3)nc(-c3ccc4c(c3)-c3ccccc3-c3ccccc3C43c4ccccc4-c4ccccc43)n2)cc1. The Morgan fingerprint density at radius 2 is 0.684 bits per heavy atom. The Morgan fingerprint density at radius 1 is 0.316 bits per heavy atom. The Morgan fingerprint density at radius 3 is 1.23 bits per heavy atom. The van der Waals surface area contributed by atoms with Crippen molar-refractivity contribution in [3.05, 3.63) is 222 Å². The first-order valence-electron chi connectivity index (χ1n) is 19.2. The number of aromatic nitrogens is 3. The van der Waals surface area contributed by atoms with Crippen LogP contribution in [0.1, 0.15) is 27.8 Å². The summed E-state index contributed by atoms with van der Waals surface area (Å²) >= 11 is 0. The number of benzene rings is 8. The van der Waals surface area contributed by atoms with Gasteiger partial charge in [0.25, 0.3) is 0 Å². The van der Waals surface area contributed by atoms with Crippen molar-refractivity contribution in [3.63, 3.8) is 0 Å². The monoisotopic (exact) mass is 724 g/mol. The van der Waals surface area contributed by atoms with Crippen molar-refractivity contribution in [1.82, 2.24) is 15.0 Å². The highest BCUT2D eigenvalue weighted by Crippen LogP contribution is 2.61. The fourth-order valence-electron chi connectivity index (χ4n) is 9.09. The fourth-order valence-corrected chi connectivity index (χ4v) is 9.09. The third-order valence-electron chi connectivity index (χ3n) is 11.6. The second-order valence-electron chi connectivity index (χ2n) is 14.6. The summed E-state index contributed by atoms with van der Waals surface area (Å²) < 4.78 is 0. The highest BCUT2D eigenvalue weighted by molar-refractivity contribution is 5.98. The number of hydrogen-bond acceptors (Lipinski definition) is 4. The van der Waals surface area contributed by atoms with Crippen LogP contribution in [0.4, 0.5) is 0 Å². The van der Waals surface area contributed by atoms with E-state index in [0.717, 1.165) is 33.4 Å². The standard InChI is InChI=1S/C53H32N4/c54-33-34-22-24-37(25-23-34)50-55-51(38-28-26-36(27-29-38)35-12-2-1-3-13-35)57-52(56-50)39-30-31-49-45(32-39)41-15-5-4-14-40(41)42-16-6-9-19-46(42)53(49)47-20-10-7-17-43(47)44-18-8-11-21-48(44)53/h1-32H. The minimum absolute atomic E-state index is 0.546. The van der Waals surface area contributed by atoms with Crippen LogP contribution in [-0.2, 0) is 5.41 Å². The molecule has 9 aromatic rings. The molecule has 0 aliphatic heterocycles. The van der Waals surface area contributed by atoms with E-state index in [1.807, 2.05) is 18.2 Å². The summed E-state index contributed by atoms with van der Waals surface area (Å²) in [5.41, 5.74) is 17.2. The van der Waals surface area contributed by atoms with Gasteiger partial charge < -0.3 is 0 Å². The van der Waals surface area contributed by atoms with Gasteiger partial charge in [-0.25, -0.2) is 15.0 Å². The van der Waals surface area contributed by atoms with Gasteiger partial charge in [-0.15, -0.1) is 0 Å². The number of hydrogen-bond donors (Lipinski definition) is 0. The van der Waals surface area contributed by atoms with Gasteiger partial charge in [0.15, 0.2) is 17.5 Å². The molecule has 0 N–H and O–H groups in total. The van der Waals surface area contributed by atoms with Crippen molar-refractivity contribution in [2.75, 3.05) is 0 Å². The lowest BCUT2D eigenvalue weighted by Gasteiger charge is -2.35. The summed E-state index contributed by atoms with van der Waals surface area (Å²) in [6.07, 6.45) is 0. The van der Waals surface area contributed by atoms with Crippen LogP contribution in [0.25, 0.3) is 78.7 Å². The van der Waals surface area contributed by atoms with E-state index in [2.05, 4.69) is 170 Å². The molecule has 1 aromatic heterocycles. The average Bonchev–Trinajstić information content (AvgIpc) is 3.54. The summed E-state index contributed by atoms with van der Waals surface area (Å²) in [5, 5.41) is 9.53. The minimum Gasteiger partial charge on any atom is -0.208 e. The van der Waals surface area contributed by atoms with Crippen LogP contribution < -0.4 is 0 Å². The predicted molar refractivity (Wildman–Crippen MR) is 228 cm³/mol. The summed E-state index contributed by atoms with van der Waals surface area (Å²) in [5.74, 6) is 1.70. The van der Waals surface area contributed by atoms with Gasteiger partial charge in [-0.05, 0) is 97.1 Å². The molecule has 264 valence electrons. The molecule has 0 saturated heterocycles. The van der Waals surface area contributed by atoms with Crippen molar-refractivity contribution in [2.45, 2.75) is 5.41 Å². The maximum absolute atomic E-state index is 9.53. The largest absolute Gasteiger partial charge is 0.208 e. The average molecular weight is 725 g/mol. The van der Waals surface area contributed by atoms with Crippen LogP contribution in [0.2, 0.25) is 0 Å². The van der Waals surface area contributed by atoms with E-state index in [1.54, 1.807) is 12.1 Å². The number of rotatable bonds is 4. The van der Waals surface area contributed by atoms with Crippen LogP contribution in [0, 0.1) is 11.3 Å². The van der Waals surface area contributed by atoms with Crippen molar-refractivity contribution in [3.8, 4) is 84.7 Å². The molecule has 11 rings (SSSR count). The molecule has 0 saturated carbocycles. The highest BCUT2D eigenvalue weighted by Gasteiger charge is 2.49. The molecule has 8 aromatic carbocycles. The molecule has 0 fully saturated rings. The maximum Gasteiger partial charge on any atom is 0.164 e. The fraction of sp³-hybridized carbons (Fsp3) is 0.0189. The number of nitrogens with zero attached hydrogens (tertiary/aromatic N) is 4. The molecular weight excluding hydrogens is 693 g/mol. The van der Waals surface area contributed by atoms with Gasteiger partial charge in [0.05, 0.1) is 17.0 Å². The zero-order chi connectivity index (χ0) is 37.9. The van der Waals surface area contributed by atoms with Crippen LogP contribution in [0.5, 0.6) is 0 Å². The molecule has 57 heavy (non-hydrogen) atoms. The molecule has 0 atom stereocenters. The molecule has 1 heterocycles. The van der Waals surface area contributed by atoms with E-state index < -0.39 is 5.41 Å². The molecule has 0 amide bonds. The summed E-state index contributed by atoms with van der Waals surface area (Å²) in [7, 11) is 0. The highest BCUT2D eigenvalue weighted by atomic mass is 15.0. The maximum atomic E-state index is 9.53. The third kappa shape index (κ3) is 5.03. The summed E-state index contributed by atoms with van der Waals surface area (Å²) in [4.78, 5) is 15.4. The molecule has 0 radical (unpaired) electrons. The molecule has 0 bridgehead atoms. The first kappa shape index (κ1) is 32.7. The van der Waals surface area contributed by atoms with Crippen LogP contribution >= 0.6 is 0 Å². The Balaban J connectivity index is 1.16. The van der Waals surface area contributed by atoms with Crippen molar-refractivity contribution in [1.29, 1.82) is 5.26 Å². The summed E-state index contributed by atoms with van der Waals surface area (Å²) in [6.45, 7) is 0.